The van der Waals surface area contributed by atoms with Gasteiger partial charge in [-0.1, -0.05) is 11.3 Å². The molecular formula is C11H19N3O3S. The molecular weight excluding hydrogens is 254 g/mol. The summed E-state index contributed by atoms with van der Waals surface area (Å²) in [7, 11) is 0. The largest absolute Gasteiger partial charge is 0.467 e. The van der Waals surface area contributed by atoms with Crippen molar-refractivity contribution in [2.24, 2.45) is 5.73 Å². The van der Waals surface area contributed by atoms with Crippen LogP contribution >= 0.6 is 11.3 Å². The number of aliphatic hydroxyl groups excluding tert-OH is 1. The van der Waals surface area contributed by atoms with Crippen molar-refractivity contribution in [1.82, 2.24) is 10.3 Å². The maximum Gasteiger partial charge on any atom is 0.273 e. The maximum absolute atomic E-state index is 10.8. The number of amides is 1. The van der Waals surface area contributed by atoms with Crippen molar-refractivity contribution in [2.75, 3.05) is 13.2 Å². The number of rotatable bonds is 6. The van der Waals surface area contributed by atoms with Gasteiger partial charge in [-0.05, 0) is 20.8 Å². The first-order valence-corrected chi connectivity index (χ1v) is 6.41. The number of aromatic nitrogens is 1. The molecule has 0 bridgehead atoms. The van der Waals surface area contributed by atoms with E-state index in [1.54, 1.807) is 0 Å². The normalized spacial score (nSPS) is 13.3. The Balaban J connectivity index is 2.33. The lowest BCUT2D eigenvalue weighted by Crippen LogP contribution is -2.42. The van der Waals surface area contributed by atoms with Gasteiger partial charge in [0.25, 0.3) is 11.1 Å². The lowest BCUT2D eigenvalue weighted by molar-refractivity contribution is 0.0999. The molecule has 7 heteroatoms. The number of primary amides is 1. The lowest BCUT2D eigenvalue weighted by atomic mass is 10.1. The highest BCUT2D eigenvalue weighted by Gasteiger charge is 2.14. The summed E-state index contributed by atoms with van der Waals surface area (Å²) in [4.78, 5) is 15.1. The number of carbonyl (C=O) groups excluding carboxylic acids is 1. The number of nitrogens with zero attached hydrogens (tertiary/aromatic N) is 1. The minimum Gasteiger partial charge on any atom is -0.467 e. The number of nitrogens with two attached hydrogens (primary N) is 1. The molecule has 0 aliphatic carbocycles. The number of carbonyl (C=O) groups is 1. The third kappa shape index (κ3) is 5.44. The molecule has 4 N–H and O–H groups in total. The Morgan fingerprint density at radius 2 is 2.33 bits per heavy atom. The number of hydrogen-bond acceptors (Lipinski definition) is 6. The summed E-state index contributed by atoms with van der Waals surface area (Å²) in [5.41, 5.74) is 5.04. The smallest absolute Gasteiger partial charge is 0.273 e. The molecule has 18 heavy (non-hydrogen) atoms. The first-order valence-electron chi connectivity index (χ1n) is 5.59. The van der Waals surface area contributed by atoms with Crippen LogP contribution in [0.4, 0.5) is 0 Å². The molecule has 0 aliphatic heterocycles. The Morgan fingerprint density at radius 3 is 2.83 bits per heavy atom. The van der Waals surface area contributed by atoms with Crippen LogP contribution in [0.15, 0.2) is 6.20 Å². The maximum atomic E-state index is 10.8. The highest BCUT2D eigenvalue weighted by molar-refractivity contribution is 7.15. The molecule has 1 unspecified atom stereocenters. The fourth-order valence-corrected chi connectivity index (χ4v) is 1.72. The number of hydrogen-bond donors (Lipinski definition) is 3. The van der Waals surface area contributed by atoms with Crippen LogP contribution in [0.5, 0.6) is 5.19 Å². The van der Waals surface area contributed by atoms with E-state index in [2.05, 4.69) is 10.3 Å². The zero-order chi connectivity index (χ0) is 13.8. The van der Waals surface area contributed by atoms with Crippen LogP contribution in [0.2, 0.25) is 0 Å². The van der Waals surface area contributed by atoms with E-state index in [-0.39, 0.29) is 12.1 Å². The molecule has 0 aliphatic rings. The summed E-state index contributed by atoms with van der Waals surface area (Å²) in [6, 6.07) is 0. The first kappa shape index (κ1) is 14.9. The minimum absolute atomic E-state index is 0.0543. The SMILES string of the molecule is CC(C)(C)NCC(O)COc1ncc(C(N)=O)s1. The lowest BCUT2D eigenvalue weighted by Gasteiger charge is -2.22. The molecule has 6 nitrogen and oxygen atoms in total. The van der Waals surface area contributed by atoms with Crippen LogP contribution in [-0.4, -0.2) is 40.8 Å². The van der Waals surface area contributed by atoms with Crippen molar-refractivity contribution >= 4 is 17.2 Å². The summed E-state index contributed by atoms with van der Waals surface area (Å²) in [6.45, 7) is 6.59. The molecule has 1 aromatic heterocycles. The van der Waals surface area contributed by atoms with E-state index >= 15 is 0 Å². The Labute approximate surface area is 110 Å². The number of ether oxygens (including phenoxy) is 1. The standard InChI is InChI=1S/C11H19N3O3S/c1-11(2,3)14-4-7(15)6-17-10-13-5-8(18-10)9(12)16/h5,7,14-15H,4,6H2,1-3H3,(H2,12,16). The summed E-state index contributed by atoms with van der Waals surface area (Å²) in [5, 5.41) is 13.2. The van der Waals surface area contributed by atoms with Crippen LogP contribution in [0.25, 0.3) is 0 Å². The molecule has 1 amide bonds. The van der Waals surface area contributed by atoms with Crippen LogP contribution in [0, 0.1) is 0 Å². The number of aliphatic hydroxyl groups is 1. The van der Waals surface area contributed by atoms with Crippen molar-refractivity contribution in [1.29, 1.82) is 0 Å². The quantitative estimate of drug-likeness (QED) is 0.695. The van der Waals surface area contributed by atoms with E-state index in [1.165, 1.54) is 6.20 Å². The molecule has 1 aromatic rings. The molecule has 1 atom stereocenters. The van der Waals surface area contributed by atoms with Gasteiger partial charge in [0.2, 0.25) is 0 Å². The Hall–Kier alpha value is -1.18. The van der Waals surface area contributed by atoms with Crippen molar-refractivity contribution in [3.63, 3.8) is 0 Å². The van der Waals surface area contributed by atoms with Gasteiger partial charge in [-0.2, -0.15) is 0 Å². The fourth-order valence-electron chi connectivity index (χ4n) is 1.09. The third-order valence-corrected chi connectivity index (χ3v) is 2.92. The van der Waals surface area contributed by atoms with Gasteiger partial charge < -0.3 is 20.9 Å². The van der Waals surface area contributed by atoms with Crippen LogP contribution < -0.4 is 15.8 Å². The van der Waals surface area contributed by atoms with Gasteiger partial charge in [0.15, 0.2) is 0 Å². The van der Waals surface area contributed by atoms with Crippen LogP contribution in [0.1, 0.15) is 30.4 Å². The average Bonchev–Trinajstić information content (AvgIpc) is 2.71. The zero-order valence-corrected chi connectivity index (χ0v) is 11.6. The second kappa shape index (κ2) is 6.12. The van der Waals surface area contributed by atoms with Crippen molar-refractivity contribution in [2.45, 2.75) is 32.4 Å². The van der Waals surface area contributed by atoms with E-state index in [1.807, 2.05) is 20.8 Å². The summed E-state index contributed by atoms with van der Waals surface area (Å²) in [5.74, 6) is -0.530. The van der Waals surface area contributed by atoms with Gasteiger partial charge in [-0.25, -0.2) is 4.98 Å². The van der Waals surface area contributed by atoms with Gasteiger partial charge in [-0.15, -0.1) is 0 Å². The molecule has 1 rings (SSSR count). The molecule has 0 spiro atoms. The van der Waals surface area contributed by atoms with E-state index in [9.17, 15) is 9.90 Å². The molecule has 0 radical (unpaired) electrons. The molecule has 0 saturated heterocycles. The van der Waals surface area contributed by atoms with E-state index in [0.717, 1.165) is 11.3 Å². The van der Waals surface area contributed by atoms with Gasteiger partial charge in [-0.3, -0.25) is 4.79 Å². The second-order valence-corrected chi connectivity index (χ2v) is 5.94. The number of thiazole rings is 1. The van der Waals surface area contributed by atoms with Crippen molar-refractivity contribution < 1.29 is 14.6 Å². The molecule has 102 valence electrons. The fraction of sp³-hybridized carbons (Fsp3) is 0.636. The predicted octanol–water partition coefficient (Wildman–Crippen LogP) is 0.370. The Morgan fingerprint density at radius 1 is 1.67 bits per heavy atom. The van der Waals surface area contributed by atoms with Crippen LogP contribution in [0.3, 0.4) is 0 Å². The van der Waals surface area contributed by atoms with Crippen LogP contribution in [-0.2, 0) is 0 Å². The van der Waals surface area contributed by atoms with E-state index in [4.69, 9.17) is 10.5 Å². The monoisotopic (exact) mass is 273 g/mol. The first-order chi connectivity index (χ1) is 8.28. The summed E-state index contributed by atoms with van der Waals surface area (Å²) < 4.78 is 5.27. The highest BCUT2D eigenvalue weighted by atomic mass is 32.1. The van der Waals surface area contributed by atoms with Crippen molar-refractivity contribution in [3.8, 4) is 5.19 Å². The zero-order valence-electron chi connectivity index (χ0n) is 10.8. The van der Waals surface area contributed by atoms with E-state index in [0.29, 0.717) is 16.6 Å². The average molecular weight is 273 g/mol. The van der Waals surface area contributed by atoms with E-state index < -0.39 is 12.0 Å². The Kier molecular flexibility index (Phi) is 5.06. The number of β-amino-alcohol motifs (C(OH)–C–C–N with tert-alkyl or cyclic N) is 1. The second-order valence-electron chi connectivity index (χ2n) is 4.95. The van der Waals surface area contributed by atoms with Gasteiger partial charge in [0.05, 0.1) is 6.20 Å². The van der Waals surface area contributed by atoms with Gasteiger partial charge in [0, 0.05) is 12.1 Å². The highest BCUT2D eigenvalue weighted by Crippen LogP contribution is 2.19. The van der Waals surface area contributed by atoms with Gasteiger partial charge >= 0.3 is 0 Å². The summed E-state index contributed by atoms with van der Waals surface area (Å²) in [6.07, 6.45) is 0.729. The predicted molar refractivity (Wildman–Crippen MR) is 69.9 cm³/mol. The number of nitrogens with one attached hydrogen (secondary N) is 1. The van der Waals surface area contributed by atoms with Crippen molar-refractivity contribution in [3.05, 3.63) is 11.1 Å². The molecule has 0 aromatic carbocycles. The van der Waals surface area contributed by atoms with Gasteiger partial charge in [0.1, 0.15) is 17.6 Å². The minimum atomic E-state index is -0.634. The molecule has 0 saturated carbocycles. The molecule has 0 fully saturated rings. The summed E-state index contributed by atoms with van der Waals surface area (Å²) >= 11 is 1.07. The Bertz CT molecular complexity index is 400. The molecule has 1 heterocycles. The third-order valence-electron chi connectivity index (χ3n) is 1.99. The topological polar surface area (TPSA) is 97.5 Å².